The van der Waals surface area contributed by atoms with E-state index in [-0.39, 0.29) is 18.0 Å². The molecule has 3 heteroatoms. The van der Waals surface area contributed by atoms with E-state index in [0.29, 0.717) is 0 Å². The van der Waals surface area contributed by atoms with Crippen LogP contribution in [0.4, 0.5) is 0 Å². The minimum Gasteiger partial charge on any atom is -0.350 e. The van der Waals surface area contributed by atoms with E-state index in [1.807, 2.05) is 13.8 Å². The topological polar surface area (TPSA) is 55.1 Å². The Bertz CT molecular complexity index is 427. The van der Waals surface area contributed by atoms with Crippen LogP contribution in [-0.4, -0.2) is 18.0 Å². The second-order valence-electron chi connectivity index (χ2n) is 5.69. The molecule has 0 atom stereocenters. The van der Waals surface area contributed by atoms with Crippen molar-refractivity contribution in [3.63, 3.8) is 0 Å². The maximum atomic E-state index is 11.4. The van der Waals surface area contributed by atoms with Gasteiger partial charge in [-0.2, -0.15) is 0 Å². The average molecular weight is 248 g/mol. The van der Waals surface area contributed by atoms with Crippen LogP contribution in [0.2, 0.25) is 0 Å². The number of carbonyl (C=O) groups is 1. The molecule has 0 aliphatic carbocycles. The van der Waals surface area contributed by atoms with Crippen LogP contribution in [0.15, 0.2) is 12.1 Å². The highest BCUT2D eigenvalue weighted by Gasteiger charge is 2.22. The minimum absolute atomic E-state index is 0.0370. The Balaban J connectivity index is 2.93. The number of benzene rings is 1. The van der Waals surface area contributed by atoms with E-state index in [0.717, 1.165) is 6.42 Å². The predicted octanol–water partition coefficient (Wildman–Crippen LogP) is 2.01. The van der Waals surface area contributed by atoms with Gasteiger partial charge in [-0.3, -0.25) is 4.79 Å². The van der Waals surface area contributed by atoms with Gasteiger partial charge in [0.1, 0.15) is 0 Å². The predicted molar refractivity (Wildman–Crippen MR) is 75.6 cm³/mol. The molecule has 0 bridgehead atoms. The first-order valence-electron chi connectivity index (χ1n) is 6.33. The Labute approximate surface area is 110 Å². The molecule has 0 fully saturated rings. The molecule has 0 saturated carbocycles. The minimum atomic E-state index is -0.277. The number of hydrogen-bond acceptors (Lipinski definition) is 2. The lowest BCUT2D eigenvalue weighted by atomic mass is 9.88. The van der Waals surface area contributed by atoms with Gasteiger partial charge in [0.25, 0.3) is 0 Å². The van der Waals surface area contributed by atoms with E-state index in [4.69, 9.17) is 5.73 Å². The second-order valence-corrected chi connectivity index (χ2v) is 5.69. The van der Waals surface area contributed by atoms with Crippen molar-refractivity contribution in [1.29, 1.82) is 0 Å². The summed E-state index contributed by atoms with van der Waals surface area (Å²) in [7, 11) is 0. The molecule has 1 rings (SSSR count). The molecule has 0 spiro atoms. The molecule has 1 aromatic rings. The number of rotatable bonds is 4. The van der Waals surface area contributed by atoms with E-state index >= 15 is 0 Å². The van der Waals surface area contributed by atoms with Gasteiger partial charge in [0, 0.05) is 5.54 Å². The fraction of sp³-hybridized carbons (Fsp3) is 0.533. The van der Waals surface area contributed by atoms with E-state index in [1.54, 1.807) is 0 Å². The number of carbonyl (C=O) groups excluding carboxylic acids is 1. The summed E-state index contributed by atoms with van der Waals surface area (Å²) >= 11 is 0. The number of amides is 1. The molecule has 3 N–H and O–H groups in total. The highest BCUT2D eigenvalue weighted by atomic mass is 16.1. The van der Waals surface area contributed by atoms with Crippen molar-refractivity contribution in [1.82, 2.24) is 5.32 Å². The van der Waals surface area contributed by atoms with Gasteiger partial charge in [0.2, 0.25) is 5.91 Å². The molecule has 0 aliphatic heterocycles. The van der Waals surface area contributed by atoms with Crippen LogP contribution in [0.3, 0.4) is 0 Å². The van der Waals surface area contributed by atoms with Crippen molar-refractivity contribution >= 4 is 5.91 Å². The van der Waals surface area contributed by atoms with Gasteiger partial charge in [0.15, 0.2) is 0 Å². The van der Waals surface area contributed by atoms with E-state index in [1.165, 1.54) is 22.3 Å². The molecule has 18 heavy (non-hydrogen) atoms. The molecular formula is C15H24N2O. The smallest absolute Gasteiger partial charge is 0.234 e. The first kappa shape index (κ1) is 14.7. The van der Waals surface area contributed by atoms with Gasteiger partial charge in [-0.25, -0.2) is 0 Å². The maximum Gasteiger partial charge on any atom is 0.234 e. The van der Waals surface area contributed by atoms with Gasteiger partial charge in [-0.05, 0) is 57.7 Å². The van der Waals surface area contributed by atoms with Gasteiger partial charge in [0.05, 0.1) is 6.54 Å². The Morgan fingerprint density at radius 2 is 1.72 bits per heavy atom. The Morgan fingerprint density at radius 3 is 2.17 bits per heavy atom. The molecule has 0 radical (unpaired) electrons. The zero-order valence-corrected chi connectivity index (χ0v) is 12.1. The lowest BCUT2D eigenvalue weighted by molar-refractivity contribution is -0.121. The Morgan fingerprint density at radius 1 is 1.22 bits per heavy atom. The largest absolute Gasteiger partial charge is 0.350 e. The summed E-state index contributed by atoms with van der Waals surface area (Å²) in [6.45, 7) is 10.4. The number of aryl methyl sites for hydroxylation is 3. The van der Waals surface area contributed by atoms with Crippen molar-refractivity contribution in [2.24, 2.45) is 5.73 Å². The summed E-state index contributed by atoms with van der Waals surface area (Å²) in [4.78, 5) is 11.4. The van der Waals surface area contributed by atoms with Gasteiger partial charge in [-0.15, -0.1) is 0 Å². The third-order valence-electron chi connectivity index (χ3n) is 3.12. The first-order chi connectivity index (χ1) is 8.25. The van der Waals surface area contributed by atoms with Crippen molar-refractivity contribution < 1.29 is 4.79 Å². The zero-order valence-electron chi connectivity index (χ0n) is 12.1. The van der Waals surface area contributed by atoms with Crippen LogP contribution in [0.25, 0.3) is 0 Å². The number of nitrogens with two attached hydrogens (primary N) is 1. The molecule has 0 aliphatic rings. The molecule has 0 aromatic heterocycles. The summed E-state index contributed by atoms with van der Waals surface area (Å²) in [5.74, 6) is -0.109. The SMILES string of the molecule is Cc1cc(C)c(CC(C)(C)NC(=O)CN)c(C)c1. The molecular weight excluding hydrogens is 224 g/mol. The van der Waals surface area contributed by atoms with Crippen molar-refractivity contribution in [2.75, 3.05) is 6.54 Å². The molecule has 1 amide bonds. The van der Waals surface area contributed by atoms with Crippen LogP contribution in [0.1, 0.15) is 36.1 Å². The summed E-state index contributed by atoms with van der Waals surface area (Å²) in [5.41, 5.74) is 10.2. The van der Waals surface area contributed by atoms with Crippen LogP contribution in [0.5, 0.6) is 0 Å². The molecule has 0 unspecified atom stereocenters. The average Bonchev–Trinajstić information content (AvgIpc) is 2.22. The number of hydrogen-bond donors (Lipinski definition) is 2. The monoisotopic (exact) mass is 248 g/mol. The van der Waals surface area contributed by atoms with E-state index in [2.05, 4.69) is 38.2 Å². The van der Waals surface area contributed by atoms with E-state index in [9.17, 15) is 4.79 Å². The molecule has 100 valence electrons. The van der Waals surface area contributed by atoms with Crippen LogP contribution in [0, 0.1) is 20.8 Å². The first-order valence-corrected chi connectivity index (χ1v) is 6.33. The van der Waals surface area contributed by atoms with Crippen molar-refractivity contribution in [3.8, 4) is 0 Å². The fourth-order valence-corrected chi connectivity index (χ4v) is 2.40. The van der Waals surface area contributed by atoms with Crippen molar-refractivity contribution in [3.05, 3.63) is 34.4 Å². The lowest BCUT2D eigenvalue weighted by Gasteiger charge is -2.28. The van der Waals surface area contributed by atoms with Gasteiger partial charge >= 0.3 is 0 Å². The normalized spacial score (nSPS) is 11.4. The van der Waals surface area contributed by atoms with Crippen LogP contribution in [-0.2, 0) is 11.2 Å². The molecule has 0 heterocycles. The van der Waals surface area contributed by atoms with Crippen molar-refractivity contribution in [2.45, 2.75) is 46.6 Å². The molecule has 0 saturated heterocycles. The molecule has 1 aromatic carbocycles. The van der Waals surface area contributed by atoms with E-state index < -0.39 is 0 Å². The Kier molecular flexibility index (Phi) is 4.52. The highest BCUT2D eigenvalue weighted by molar-refractivity contribution is 5.78. The zero-order chi connectivity index (χ0) is 13.9. The summed E-state index contributed by atoms with van der Waals surface area (Å²) in [6.07, 6.45) is 0.816. The van der Waals surface area contributed by atoms with Crippen LogP contribution < -0.4 is 11.1 Å². The highest BCUT2D eigenvalue weighted by Crippen LogP contribution is 2.21. The fourth-order valence-electron chi connectivity index (χ4n) is 2.40. The second kappa shape index (κ2) is 5.53. The summed E-state index contributed by atoms with van der Waals surface area (Å²) in [5, 5.41) is 2.96. The lowest BCUT2D eigenvalue weighted by Crippen LogP contribution is -2.47. The summed E-state index contributed by atoms with van der Waals surface area (Å²) in [6, 6.07) is 4.37. The third kappa shape index (κ3) is 3.84. The van der Waals surface area contributed by atoms with Gasteiger partial charge in [-0.1, -0.05) is 17.7 Å². The summed E-state index contributed by atoms with van der Waals surface area (Å²) < 4.78 is 0. The quantitative estimate of drug-likeness (QED) is 0.856. The standard InChI is InChI=1S/C15H24N2O/c1-10-6-11(2)13(12(3)7-10)8-15(4,5)17-14(18)9-16/h6-7H,8-9,16H2,1-5H3,(H,17,18). The maximum absolute atomic E-state index is 11.4. The van der Waals surface area contributed by atoms with Crippen LogP contribution >= 0.6 is 0 Å². The third-order valence-corrected chi connectivity index (χ3v) is 3.12. The Hall–Kier alpha value is -1.35. The van der Waals surface area contributed by atoms with Gasteiger partial charge < -0.3 is 11.1 Å². The molecule has 3 nitrogen and oxygen atoms in total. The number of nitrogens with one attached hydrogen (secondary N) is 1.